The summed E-state index contributed by atoms with van der Waals surface area (Å²) in [6.07, 6.45) is 2.59. The van der Waals surface area contributed by atoms with Crippen molar-refractivity contribution in [3.8, 4) is 0 Å². The van der Waals surface area contributed by atoms with E-state index in [0.717, 1.165) is 29.7 Å². The van der Waals surface area contributed by atoms with Crippen LogP contribution in [0.1, 0.15) is 24.0 Å². The number of anilines is 1. The summed E-state index contributed by atoms with van der Waals surface area (Å²) in [5, 5.41) is 9.08. The molecule has 1 aliphatic rings. The molecule has 0 atom stereocenters. The van der Waals surface area contributed by atoms with Crippen LogP contribution in [0.4, 0.5) is 5.69 Å². The molecule has 0 fully saturated rings. The number of hydrogen-bond acceptors (Lipinski definition) is 4. The molecular weight excluding hydrogens is 366 g/mol. The highest BCUT2D eigenvalue weighted by atomic mass is 32.2. The van der Waals surface area contributed by atoms with Crippen LogP contribution in [0.15, 0.2) is 53.4 Å². The highest BCUT2D eigenvalue weighted by molar-refractivity contribution is 7.91. The Bertz CT molecular complexity index is 954. The summed E-state index contributed by atoms with van der Waals surface area (Å²) in [6.45, 7) is -0.512. The second kappa shape index (κ2) is 7.92. The second-order valence-electron chi connectivity index (χ2n) is 6.56. The maximum Gasteiger partial charge on any atom is 0.323 e. The number of hydrogen-bond donors (Lipinski definition) is 1. The average molecular weight is 387 g/mol. The minimum absolute atomic E-state index is 0.223. The Hall–Kier alpha value is -2.67. The summed E-state index contributed by atoms with van der Waals surface area (Å²) in [6, 6.07) is 13.5. The fourth-order valence-corrected chi connectivity index (χ4v) is 4.56. The first-order valence-electron chi connectivity index (χ1n) is 8.78. The van der Waals surface area contributed by atoms with E-state index < -0.39 is 28.3 Å². The van der Waals surface area contributed by atoms with Crippen LogP contribution >= 0.6 is 0 Å². The molecule has 0 saturated carbocycles. The zero-order valence-corrected chi connectivity index (χ0v) is 15.6. The fraction of sp³-hybridized carbons (Fsp3) is 0.300. The van der Waals surface area contributed by atoms with Crippen molar-refractivity contribution in [3.05, 3.63) is 59.7 Å². The van der Waals surface area contributed by atoms with E-state index in [9.17, 15) is 18.0 Å². The molecule has 0 bridgehead atoms. The van der Waals surface area contributed by atoms with E-state index >= 15 is 0 Å². The van der Waals surface area contributed by atoms with Gasteiger partial charge in [-0.3, -0.25) is 9.59 Å². The number of carboxylic acids is 1. The van der Waals surface area contributed by atoms with Gasteiger partial charge in [0.2, 0.25) is 5.91 Å². The monoisotopic (exact) mass is 387 g/mol. The van der Waals surface area contributed by atoms with Crippen molar-refractivity contribution in [2.24, 2.45) is 0 Å². The summed E-state index contributed by atoms with van der Waals surface area (Å²) >= 11 is 0. The van der Waals surface area contributed by atoms with Crippen LogP contribution in [-0.4, -0.2) is 37.7 Å². The van der Waals surface area contributed by atoms with E-state index in [1.165, 1.54) is 5.56 Å². The standard InChI is InChI=1S/C20H21NO5S/c22-19(21(14-20(23)24)17-7-2-1-3-8-17)11-12-27(25,26)18-10-9-15-5-4-6-16(15)13-18/h1-3,7-10,13H,4-6,11-12,14H2,(H,23,24). The number of fused-ring (bicyclic) bond motifs is 1. The summed E-state index contributed by atoms with van der Waals surface area (Å²) < 4.78 is 25.3. The highest BCUT2D eigenvalue weighted by Crippen LogP contribution is 2.25. The van der Waals surface area contributed by atoms with Crippen molar-refractivity contribution in [3.63, 3.8) is 0 Å². The van der Waals surface area contributed by atoms with Gasteiger partial charge in [0.25, 0.3) is 0 Å². The Labute approximate surface area is 158 Å². The predicted octanol–water partition coefficient (Wildman–Crippen LogP) is 2.46. The van der Waals surface area contributed by atoms with E-state index in [2.05, 4.69) is 0 Å². The van der Waals surface area contributed by atoms with E-state index in [-0.39, 0.29) is 17.1 Å². The van der Waals surface area contributed by atoms with Crippen LogP contribution in [-0.2, 0) is 32.3 Å². The van der Waals surface area contributed by atoms with Gasteiger partial charge in [-0.1, -0.05) is 24.3 Å². The van der Waals surface area contributed by atoms with Gasteiger partial charge in [0.15, 0.2) is 9.84 Å². The first-order valence-corrected chi connectivity index (χ1v) is 10.4. The summed E-state index contributed by atoms with van der Waals surface area (Å²) in [5.41, 5.74) is 2.67. The average Bonchev–Trinajstić information content (AvgIpc) is 3.12. The largest absolute Gasteiger partial charge is 0.480 e. The molecule has 2 aromatic rings. The van der Waals surface area contributed by atoms with Gasteiger partial charge in [0, 0.05) is 12.1 Å². The van der Waals surface area contributed by atoms with Crippen LogP contribution in [0, 0.1) is 0 Å². The number of aryl methyl sites for hydroxylation is 2. The highest BCUT2D eigenvalue weighted by Gasteiger charge is 2.23. The van der Waals surface area contributed by atoms with Crippen molar-refractivity contribution in [2.75, 3.05) is 17.2 Å². The second-order valence-corrected chi connectivity index (χ2v) is 8.67. The smallest absolute Gasteiger partial charge is 0.323 e. The van der Waals surface area contributed by atoms with Crippen LogP contribution in [0.25, 0.3) is 0 Å². The summed E-state index contributed by atoms with van der Waals surface area (Å²) in [7, 11) is -3.62. The Morgan fingerprint density at radius 2 is 1.70 bits per heavy atom. The number of amides is 1. The van der Waals surface area contributed by atoms with Gasteiger partial charge in [0.1, 0.15) is 6.54 Å². The van der Waals surface area contributed by atoms with E-state index in [4.69, 9.17) is 5.11 Å². The number of sulfone groups is 1. The number of carbonyl (C=O) groups excluding carboxylic acids is 1. The molecule has 0 aliphatic heterocycles. The van der Waals surface area contributed by atoms with Crippen molar-refractivity contribution in [2.45, 2.75) is 30.6 Å². The molecule has 0 radical (unpaired) electrons. The number of benzene rings is 2. The molecule has 1 aliphatic carbocycles. The first kappa shape index (κ1) is 19.1. The molecule has 2 aromatic carbocycles. The minimum Gasteiger partial charge on any atom is -0.480 e. The topological polar surface area (TPSA) is 91.8 Å². The molecule has 0 spiro atoms. The third-order valence-corrected chi connectivity index (χ3v) is 6.39. The molecule has 1 amide bonds. The third-order valence-electron chi connectivity index (χ3n) is 4.68. The molecule has 0 unspecified atom stereocenters. The molecule has 6 nitrogen and oxygen atoms in total. The molecule has 27 heavy (non-hydrogen) atoms. The Balaban J connectivity index is 1.73. The zero-order chi connectivity index (χ0) is 19.4. The van der Waals surface area contributed by atoms with Crippen molar-refractivity contribution < 1.29 is 23.1 Å². The number of rotatable bonds is 7. The molecule has 7 heteroatoms. The van der Waals surface area contributed by atoms with E-state index in [1.54, 1.807) is 42.5 Å². The Morgan fingerprint density at radius 3 is 2.41 bits per heavy atom. The van der Waals surface area contributed by atoms with Gasteiger partial charge in [0.05, 0.1) is 10.6 Å². The van der Waals surface area contributed by atoms with E-state index in [1.807, 2.05) is 6.07 Å². The molecule has 142 valence electrons. The van der Waals surface area contributed by atoms with Gasteiger partial charge in [-0.15, -0.1) is 0 Å². The normalized spacial score (nSPS) is 13.2. The molecule has 0 saturated heterocycles. The molecule has 1 N–H and O–H groups in total. The molecular formula is C20H21NO5S. The van der Waals surface area contributed by atoms with Gasteiger partial charge in [-0.2, -0.15) is 0 Å². The lowest BCUT2D eigenvalue weighted by Gasteiger charge is -2.21. The lowest BCUT2D eigenvalue weighted by Crippen LogP contribution is -2.36. The predicted molar refractivity (Wildman–Crippen MR) is 102 cm³/mol. The van der Waals surface area contributed by atoms with Gasteiger partial charge < -0.3 is 10.0 Å². The zero-order valence-electron chi connectivity index (χ0n) is 14.8. The van der Waals surface area contributed by atoms with Gasteiger partial charge in [-0.25, -0.2) is 8.42 Å². The van der Waals surface area contributed by atoms with Crippen molar-refractivity contribution in [1.29, 1.82) is 0 Å². The van der Waals surface area contributed by atoms with Crippen LogP contribution in [0.2, 0.25) is 0 Å². The van der Waals surface area contributed by atoms with Crippen molar-refractivity contribution in [1.82, 2.24) is 0 Å². The Morgan fingerprint density at radius 1 is 1.00 bits per heavy atom. The number of para-hydroxylation sites is 1. The first-order chi connectivity index (χ1) is 12.9. The van der Waals surface area contributed by atoms with Crippen LogP contribution < -0.4 is 4.90 Å². The molecule has 0 aromatic heterocycles. The maximum atomic E-state index is 12.6. The summed E-state index contributed by atoms with van der Waals surface area (Å²) in [5.74, 6) is -2.05. The number of carbonyl (C=O) groups is 2. The summed E-state index contributed by atoms with van der Waals surface area (Å²) in [4.78, 5) is 25.0. The van der Waals surface area contributed by atoms with Gasteiger partial charge >= 0.3 is 5.97 Å². The van der Waals surface area contributed by atoms with Crippen molar-refractivity contribution >= 4 is 27.4 Å². The molecule has 3 rings (SSSR count). The SMILES string of the molecule is O=C(O)CN(C(=O)CCS(=O)(=O)c1ccc2c(c1)CCC2)c1ccccc1. The van der Waals surface area contributed by atoms with Crippen LogP contribution in [0.5, 0.6) is 0 Å². The number of nitrogens with zero attached hydrogens (tertiary/aromatic N) is 1. The lowest BCUT2D eigenvalue weighted by molar-refractivity contribution is -0.136. The van der Waals surface area contributed by atoms with Gasteiger partial charge in [-0.05, 0) is 54.7 Å². The number of carboxylic acid groups (broad SMARTS) is 1. The fourth-order valence-electron chi connectivity index (χ4n) is 3.28. The number of aliphatic carboxylic acids is 1. The Kier molecular flexibility index (Phi) is 5.60. The lowest BCUT2D eigenvalue weighted by atomic mass is 10.1. The minimum atomic E-state index is -3.62. The van der Waals surface area contributed by atoms with E-state index in [0.29, 0.717) is 5.69 Å². The quantitative estimate of drug-likeness (QED) is 0.788. The van der Waals surface area contributed by atoms with Crippen LogP contribution in [0.3, 0.4) is 0 Å². The molecule has 0 heterocycles. The third kappa shape index (κ3) is 4.54. The maximum absolute atomic E-state index is 12.6.